The summed E-state index contributed by atoms with van der Waals surface area (Å²) in [4.78, 5) is 12.7. The minimum atomic E-state index is -4.37. The van der Waals surface area contributed by atoms with Gasteiger partial charge < -0.3 is 19.7 Å². The van der Waals surface area contributed by atoms with Crippen LogP contribution in [0.25, 0.3) is 20.8 Å². The largest absolute Gasteiger partial charge is 0.393 e. The number of nitrogens with zero attached hydrogens (tertiary/aromatic N) is 3. The highest BCUT2D eigenvalue weighted by atomic mass is 32.2. The molecule has 0 spiro atoms. The molecule has 3 N–H and O–H groups in total. The number of para-hydroxylation sites is 1. The first-order valence-corrected chi connectivity index (χ1v) is 17.5. The molecular weight excluding hydrogens is 615 g/mol. The van der Waals surface area contributed by atoms with Crippen molar-refractivity contribution < 1.29 is 32.7 Å². The van der Waals surface area contributed by atoms with Gasteiger partial charge in [0.05, 0.1) is 68.8 Å². The monoisotopic (exact) mass is 657 g/mol. The van der Waals surface area contributed by atoms with Crippen LogP contribution in [0.15, 0.2) is 70.6 Å². The van der Waals surface area contributed by atoms with E-state index < -0.39 is 16.2 Å². The van der Waals surface area contributed by atoms with Gasteiger partial charge in [-0.05, 0) is 80.1 Å². The van der Waals surface area contributed by atoms with Gasteiger partial charge in [0.2, 0.25) is 0 Å². The number of methoxy groups -OCH3 is 1. The summed E-state index contributed by atoms with van der Waals surface area (Å²) in [6.45, 7) is 5.21. The van der Waals surface area contributed by atoms with Gasteiger partial charge in [-0.2, -0.15) is 8.42 Å². The first kappa shape index (κ1) is 35.1. The fourth-order valence-electron chi connectivity index (χ4n) is 4.93. The molecule has 0 saturated heterocycles. The van der Waals surface area contributed by atoms with E-state index in [4.69, 9.17) is 19.5 Å². The normalized spacial score (nSPS) is 14.0. The van der Waals surface area contributed by atoms with E-state index in [2.05, 4.69) is 4.90 Å². The Morgan fingerprint density at radius 1 is 0.978 bits per heavy atom. The lowest BCUT2D eigenvalue weighted by molar-refractivity contribution is 0.0186. The van der Waals surface area contributed by atoms with Gasteiger partial charge in [0.1, 0.15) is 0 Å². The zero-order valence-electron chi connectivity index (χ0n) is 25.8. The molecule has 45 heavy (non-hydrogen) atoms. The number of rotatable bonds is 18. The van der Waals surface area contributed by atoms with E-state index in [1.165, 1.54) is 12.1 Å². The van der Waals surface area contributed by atoms with Crippen molar-refractivity contribution in [3.63, 3.8) is 0 Å². The minimum Gasteiger partial charge on any atom is -0.393 e. The fraction of sp³-hybridized carbons (Fsp3) is 0.455. The Kier molecular flexibility index (Phi) is 13.4. The molecule has 1 heterocycles. The van der Waals surface area contributed by atoms with E-state index in [-0.39, 0.29) is 17.6 Å². The highest BCUT2D eigenvalue weighted by Gasteiger charge is 2.14. The van der Waals surface area contributed by atoms with Crippen LogP contribution in [0.4, 0.5) is 5.69 Å². The van der Waals surface area contributed by atoms with E-state index in [0.29, 0.717) is 69.6 Å². The second kappa shape index (κ2) is 17.2. The van der Waals surface area contributed by atoms with Crippen molar-refractivity contribution in [2.45, 2.75) is 56.1 Å². The topological polar surface area (TPSA) is 142 Å². The molecule has 4 rings (SSSR count). The third kappa shape index (κ3) is 10.9. The molecule has 0 amide bonds. The summed E-state index contributed by atoms with van der Waals surface area (Å²) in [6, 6.07) is 17.9. The molecule has 2 aliphatic rings. The molecule has 12 heteroatoms. The lowest BCUT2D eigenvalue weighted by atomic mass is 10.1. The van der Waals surface area contributed by atoms with Crippen molar-refractivity contribution in [3.8, 4) is 10.6 Å². The highest BCUT2D eigenvalue weighted by Crippen LogP contribution is 2.30. The zero-order valence-corrected chi connectivity index (χ0v) is 27.5. The second-order valence-electron chi connectivity index (χ2n) is 11.0. The van der Waals surface area contributed by atoms with Gasteiger partial charge >= 0.3 is 0 Å². The number of aliphatic hydroxyl groups excluding tert-OH is 2. The van der Waals surface area contributed by atoms with Gasteiger partial charge in [0, 0.05) is 26.7 Å². The van der Waals surface area contributed by atoms with Crippen LogP contribution in [0.3, 0.4) is 0 Å². The van der Waals surface area contributed by atoms with Crippen LogP contribution in [0.2, 0.25) is 0 Å². The molecular formula is C33H43N3O7S2. The maximum absolute atomic E-state index is 11.8. The summed E-state index contributed by atoms with van der Waals surface area (Å²) in [5, 5.41) is 20.7. The summed E-state index contributed by atoms with van der Waals surface area (Å²) in [6.07, 6.45) is 2.50. The lowest BCUT2D eigenvalue weighted by Crippen LogP contribution is -2.34. The molecule has 0 radical (unpaired) electrons. The van der Waals surface area contributed by atoms with Crippen LogP contribution < -0.4 is 5.36 Å². The van der Waals surface area contributed by atoms with Crippen LogP contribution in [0.5, 0.6) is 0 Å². The van der Waals surface area contributed by atoms with E-state index in [1.54, 1.807) is 30.6 Å². The molecule has 1 aliphatic carbocycles. The highest BCUT2D eigenvalue weighted by molar-refractivity contribution is 7.85. The Bertz CT molecular complexity index is 1660. The van der Waals surface area contributed by atoms with E-state index >= 15 is 0 Å². The Hall–Kier alpha value is -2.81. The van der Waals surface area contributed by atoms with Gasteiger partial charge in [0.25, 0.3) is 10.1 Å². The number of fused-ring (bicyclic) bond motifs is 2. The maximum Gasteiger partial charge on any atom is 0.294 e. The van der Waals surface area contributed by atoms with Crippen molar-refractivity contribution >= 4 is 37.4 Å². The van der Waals surface area contributed by atoms with Gasteiger partial charge in [0.15, 0.2) is 0 Å². The molecule has 1 aliphatic heterocycles. The first-order valence-electron chi connectivity index (χ1n) is 15.3. The summed E-state index contributed by atoms with van der Waals surface area (Å²) in [7, 11) is -2.70. The number of ether oxygens (including phenoxy) is 2. The average Bonchev–Trinajstić information content (AvgIpc) is 3.02. The molecule has 2 atom stereocenters. The number of hydrogen-bond acceptors (Lipinski definition) is 10. The Morgan fingerprint density at radius 2 is 1.76 bits per heavy atom. The zero-order chi connectivity index (χ0) is 32.2. The van der Waals surface area contributed by atoms with E-state index in [9.17, 15) is 23.2 Å². The molecule has 0 aromatic heterocycles. The summed E-state index contributed by atoms with van der Waals surface area (Å²) in [5.74, 6) is 0. The Labute approximate surface area is 269 Å². The van der Waals surface area contributed by atoms with Crippen molar-refractivity contribution in [3.05, 3.63) is 71.6 Å². The van der Waals surface area contributed by atoms with Crippen molar-refractivity contribution in [1.29, 1.82) is 0 Å². The number of aliphatic hydroxyl groups is 2. The van der Waals surface area contributed by atoms with Crippen LogP contribution in [-0.2, 0) is 26.0 Å². The fourth-order valence-corrected chi connectivity index (χ4v) is 6.44. The van der Waals surface area contributed by atoms with Crippen LogP contribution >= 0.6 is 11.3 Å². The molecule has 2 aromatic carbocycles. The standard InChI is InChI=1S/C33H43N3O7S2/c1-3-26(37)9-7-10-27(38)23-43-19-17-36(16-18-42-2)15-14-24-20-31-33(44-32-13-5-4-12-29(32)35-31)22-30(24)34-25-8-6-11-28(21-25)45(39,40)41/h4-6,8,11-13,20-22,26-27,37-38H,3,7,9-10,14-19,23H2,1-2H3,(H,39,40,41)/b34-30+. The molecule has 0 fully saturated rings. The number of aromatic nitrogens is 1. The van der Waals surface area contributed by atoms with Crippen molar-refractivity contribution in [2.24, 2.45) is 4.99 Å². The van der Waals surface area contributed by atoms with Gasteiger partial charge in [-0.1, -0.05) is 25.1 Å². The third-order valence-corrected chi connectivity index (χ3v) is 9.53. The molecule has 244 valence electrons. The average molecular weight is 658 g/mol. The summed E-state index contributed by atoms with van der Waals surface area (Å²) in [5.41, 5.74) is 3.13. The lowest BCUT2D eigenvalue weighted by Gasteiger charge is -2.22. The molecule has 0 bridgehead atoms. The van der Waals surface area contributed by atoms with Crippen molar-refractivity contribution in [1.82, 2.24) is 9.88 Å². The van der Waals surface area contributed by atoms with Gasteiger partial charge in [-0.25, -0.2) is 9.98 Å². The maximum atomic E-state index is 11.8. The second-order valence-corrected chi connectivity index (χ2v) is 13.5. The van der Waals surface area contributed by atoms with Gasteiger partial charge in [-0.3, -0.25) is 9.45 Å². The summed E-state index contributed by atoms with van der Waals surface area (Å²) >= 11 is 1.62. The number of benzene rings is 3. The molecule has 2 aromatic rings. The SMILES string of the molecule is CCC(O)CCCC(O)COCCN(CCOC)CCc1cc2nc3ccccc3sc-2c/c1=N\c1cccc(S(=O)(=O)O)c1. The van der Waals surface area contributed by atoms with Crippen LogP contribution in [-0.4, -0.2) is 91.8 Å². The molecule has 2 unspecified atom stereocenters. The molecule has 0 saturated carbocycles. The Morgan fingerprint density at radius 3 is 2.53 bits per heavy atom. The molecule has 10 nitrogen and oxygen atoms in total. The van der Waals surface area contributed by atoms with E-state index in [1.807, 2.05) is 43.3 Å². The predicted octanol–water partition coefficient (Wildman–Crippen LogP) is 4.69. The Balaban J connectivity index is 1.52. The quantitative estimate of drug-likeness (QED) is 0.0790. The van der Waals surface area contributed by atoms with Gasteiger partial charge in [-0.15, -0.1) is 11.3 Å². The van der Waals surface area contributed by atoms with Crippen LogP contribution in [0.1, 0.15) is 38.2 Å². The first-order chi connectivity index (χ1) is 21.7. The number of hydrogen-bond donors (Lipinski definition) is 3. The van der Waals surface area contributed by atoms with Crippen LogP contribution in [0, 0.1) is 0 Å². The summed E-state index contributed by atoms with van der Waals surface area (Å²) < 4.78 is 45.2. The van der Waals surface area contributed by atoms with E-state index in [0.717, 1.165) is 32.8 Å². The minimum absolute atomic E-state index is 0.212. The smallest absolute Gasteiger partial charge is 0.294 e. The third-order valence-electron chi connectivity index (χ3n) is 7.57. The predicted molar refractivity (Wildman–Crippen MR) is 177 cm³/mol. The van der Waals surface area contributed by atoms with Crippen molar-refractivity contribution in [2.75, 3.05) is 46.6 Å².